The predicted octanol–water partition coefficient (Wildman–Crippen LogP) is 1.21. The summed E-state index contributed by atoms with van der Waals surface area (Å²) in [6.45, 7) is 3.87. The summed E-state index contributed by atoms with van der Waals surface area (Å²) in [5.74, 6) is 0.668. The number of aliphatic imine (C=N–C) groups is 1. The van der Waals surface area contributed by atoms with Crippen LogP contribution >= 0.6 is 0 Å². The van der Waals surface area contributed by atoms with Gasteiger partial charge in [0.2, 0.25) is 0 Å². The molecule has 1 aliphatic heterocycles. The predicted molar refractivity (Wildman–Crippen MR) is 57.9 cm³/mol. The Kier molecular flexibility index (Phi) is 2.39. The molecule has 1 aromatic carbocycles. The SMILES string of the molecule is C[C@H]1CN(Cc2ccccc2)C(N)=N1. The summed E-state index contributed by atoms with van der Waals surface area (Å²) in [4.78, 5) is 6.40. The third-order valence-electron chi connectivity index (χ3n) is 2.38. The van der Waals surface area contributed by atoms with Crippen LogP contribution in [0.5, 0.6) is 0 Å². The van der Waals surface area contributed by atoms with E-state index in [2.05, 4.69) is 28.9 Å². The van der Waals surface area contributed by atoms with Gasteiger partial charge in [-0.1, -0.05) is 30.3 Å². The van der Waals surface area contributed by atoms with Gasteiger partial charge in [0.15, 0.2) is 5.96 Å². The maximum Gasteiger partial charge on any atom is 0.191 e. The smallest absolute Gasteiger partial charge is 0.191 e. The van der Waals surface area contributed by atoms with Gasteiger partial charge in [0, 0.05) is 13.1 Å². The molecule has 14 heavy (non-hydrogen) atoms. The minimum absolute atomic E-state index is 0.332. The Bertz CT molecular complexity index is 332. The van der Waals surface area contributed by atoms with E-state index in [9.17, 15) is 0 Å². The number of nitrogens with zero attached hydrogens (tertiary/aromatic N) is 2. The number of hydrogen-bond donors (Lipinski definition) is 1. The molecule has 0 saturated carbocycles. The number of rotatable bonds is 2. The van der Waals surface area contributed by atoms with Crippen molar-refractivity contribution in [1.82, 2.24) is 4.90 Å². The zero-order valence-corrected chi connectivity index (χ0v) is 8.35. The molecular weight excluding hydrogens is 174 g/mol. The lowest BCUT2D eigenvalue weighted by Gasteiger charge is -2.17. The Morgan fingerprint density at radius 1 is 1.43 bits per heavy atom. The summed E-state index contributed by atoms with van der Waals surface area (Å²) >= 11 is 0. The second-order valence-corrected chi connectivity index (χ2v) is 3.70. The summed E-state index contributed by atoms with van der Waals surface area (Å²) in [6.07, 6.45) is 0. The minimum atomic E-state index is 0.332. The van der Waals surface area contributed by atoms with Crippen molar-refractivity contribution < 1.29 is 0 Å². The van der Waals surface area contributed by atoms with E-state index in [0.29, 0.717) is 12.0 Å². The molecule has 1 atom stereocenters. The van der Waals surface area contributed by atoms with Crippen molar-refractivity contribution in [2.75, 3.05) is 6.54 Å². The van der Waals surface area contributed by atoms with Crippen LogP contribution in [0.3, 0.4) is 0 Å². The molecule has 74 valence electrons. The van der Waals surface area contributed by atoms with E-state index in [4.69, 9.17) is 5.73 Å². The molecule has 2 rings (SSSR count). The molecule has 0 amide bonds. The lowest BCUT2D eigenvalue weighted by Crippen LogP contribution is -2.33. The Labute approximate surface area is 84.2 Å². The maximum atomic E-state index is 5.79. The summed E-state index contributed by atoms with van der Waals surface area (Å²) < 4.78 is 0. The molecule has 0 fully saturated rings. The molecule has 0 bridgehead atoms. The third kappa shape index (κ3) is 1.87. The van der Waals surface area contributed by atoms with Gasteiger partial charge >= 0.3 is 0 Å². The largest absolute Gasteiger partial charge is 0.370 e. The molecule has 1 aliphatic rings. The topological polar surface area (TPSA) is 41.6 Å². The molecule has 0 unspecified atom stereocenters. The standard InChI is InChI=1S/C11H15N3/c1-9-7-14(11(12)13-9)8-10-5-3-2-4-6-10/h2-6,9H,7-8H2,1H3,(H2,12,13)/t9-/m0/s1. The normalized spacial score (nSPS) is 21.1. The van der Waals surface area contributed by atoms with E-state index in [0.717, 1.165) is 13.1 Å². The molecule has 3 nitrogen and oxygen atoms in total. The van der Waals surface area contributed by atoms with Crippen LogP contribution in [0.15, 0.2) is 35.3 Å². The van der Waals surface area contributed by atoms with Crippen molar-refractivity contribution in [3.63, 3.8) is 0 Å². The number of nitrogens with two attached hydrogens (primary N) is 1. The van der Waals surface area contributed by atoms with Gasteiger partial charge in [-0.3, -0.25) is 0 Å². The van der Waals surface area contributed by atoms with Gasteiger partial charge in [-0.05, 0) is 12.5 Å². The van der Waals surface area contributed by atoms with Crippen LogP contribution in [0.25, 0.3) is 0 Å². The second kappa shape index (κ2) is 3.70. The highest BCUT2D eigenvalue weighted by atomic mass is 15.3. The van der Waals surface area contributed by atoms with Crippen LogP contribution in [0.1, 0.15) is 12.5 Å². The lowest BCUT2D eigenvalue weighted by molar-refractivity contribution is 0.422. The van der Waals surface area contributed by atoms with Crippen LogP contribution in [-0.2, 0) is 6.54 Å². The number of benzene rings is 1. The van der Waals surface area contributed by atoms with Crippen molar-refractivity contribution in [3.8, 4) is 0 Å². The molecule has 2 N–H and O–H groups in total. The van der Waals surface area contributed by atoms with E-state index in [1.165, 1.54) is 5.56 Å². The maximum absolute atomic E-state index is 5.79. The first kappa shape index (κ1) is 9.06. The molecule has 0 spiro atoms. The summed E-state index contributed by atoms with van der Waals surface area (Å²) in [7, 11) is 0. The average molecular weight is 189 g/mol. The zero-order chi connectivity index (χ0) is 9.97. The molecule has 3 heteroatoms. The first-order valence-corrected chi connectivity index (χ1v) is 4.88. The van der Waals surface area contributed by atoms with Crippen molar-refractivity contribution in [1.29, 1.82) is 0 Å². The van der Waals surface area contributed by atoms with Crippen LogP contribution in [0, 0.1) is 0 Å². The molecule has 1 aromatic rings. The Hall–Kier alpha value is -1.51. The number of hydrogen-bond acceptors (Lipinski definition) is 3. The monoisotopic (exact) mass is 189 g/mol. The lowest BCUT2D eigenvalue weighted by atomic mass is 10.2. The van der Waals surface area contributed by atoms with Crippen molar-refractivity contribution in [2.45, 2.75) is 19.5 Å². The molecule has 0 radical (unpaired) electrons. The highest BCUT2D eigenvalue weighted by Gasteiger charge is 2.19. The molecular formula is C11H15N3. The highest BCUT2D eigenvalue weighted by molar-refractivity contribution is 5.79. The van der Waals surface area contributed by atoms with Gasteiger partial charge in [0.1, 0.15) is 0 Å². The van der Waals surface area contributed by atoms with E-state index >= 15 is 0 Å². The fraction of sp³-hybridized carbons (Fsp3) is 0.364. The van der Waals surface area contributed by atoms with E-state index in [1.54, 1.807) is 0 Å². The molecule has 0 aliphatic carbocycles. The average Bonchev–Trinajstić information content (AvgIpc) is 2.47. The Morgan fingerprint density at radius 3 is 2.71 bits per heavy atom. The fourth-order valence-corrected chi connectivity index (χ4v) is 1.71. The van der Waals surface area contributed by atoms with Crippen LogP contribution in [0.4, 0.5) is 0 Å². The van der Waals surface area contributed by atoms with Crippen molar-refractivity contribution in [3.05, 3.63) is 35.9 Å². The van der Waals surface area contributed by atoms with Gasteiger partial charge < -0.3 is 10.6 Å². The zero-order valence-electron chi connectivity index (χ0n) is 8.35. The van der Waals surface area contributed by atoms with Gasteiger partial charge in [0.05, 0.1) is 6.04 Å². The van der Waals surface area contributed by atoms with Crippen LogP contribution in [0.2, 0.25) is 0 Å². The summed E-state index contributed by atoms with van der Waals surface area (Å²) in [5.41, 5.74) is 7.07. The quantitative estimate of drug-likeness (QED) is 0.759. The molecule has 0 aromatic heterocycles. The van der Waals surface area contributed by atoms with E-state index in [-0.39, 0.29) is 0 Å². The molecule has 1 heterocycles. The first-order valence-electron chi connectivity index (χ1n) is 4.88. The van der Waals surface area contributed by atoms with Crippen molar-refractivity contribution in [2.24, 2.45) is 10.7 Å². The van der Waals surface area contributed by atoms with Crippen LogP contribution in [-0.4, -0.2) is 23.4 Å². The van der Waals surface area contributed by atoms with Gasteiger partial charge in [0.25, 0.3) is 0 Å². The number of guanidine groups is 1. The van der Waals surface area contributed by atoms with Gasteiger partial charge in [-0.25, -0.2) is 4.99 Å². The van der Waals surface area contributed by atoms with E-state index < -0.39 is 0 Å². The Balaban J connectivity index is 2.03. The minimum Gasteiger partial charge on any atom is -0.370 e. The van der Waals surface area contributed by atoms with Crippen molar-refractivity contribution >= 4 is 5.96 Å². The van der Waals surface area contributed by atoms with E-state index in [1.807, 2.05) is 18.2 Å². The highest BCUT2D eigenvalue weighted by Crippen LogP contribution is 2.10. The fourth-order valence-electron chi connectivity index (χ4n) is 1.71. The Morgan fingerprint density at radius 2 is 2.14 bits per heavy atom. The summed E-state index contributed by atoms with van der Waals surface area (Å²) in [6, 6.07) is 10.7. The summed E-state index contributed by atoms with van der Waals surface area (Å²) in [5, 5.41) is 0. The molecule has 0 saturated heterocycles. The van der Waals surface area contributed by atoms with Gasteiger partial charge in [-0.2, -0.15) is 0 Å². The van der Waals surface area contributed by atoms with Crippen LogP contribution < -0.4 is 5.73 Å². The van der Waals surface area contributed by atoms with Gasteiger partial charge in [-0.15, -0.1) is 0 Å². The third-order valence-corrected chi connectivity index (χ3v) is 2.38. The second-order valence-electron chi connectivity index (χ2n) is 3.70. The first-order chi connectivity index (χ1) is 6.75.